The molecular formula is C11H14N2O5. The highest BCUT2D eigenvalue weighted by molar-refractivity contribution is 5.27. The van der Waals surface area contributed by atoms with Gasteiger partial charge in [-0.3, -0.25) is 14.3 Å². The zero-order valence-corrected chi connectivity index (χ0v) is 9.70. The number of nitrogens with zero attached hydrogens (tertiary/aromatic N) is 1. The third kappa shape index (κ3) is 1.82. The molecule has 0 aliphatic heterocycles. The second-order valence-electron chi connectivity index (χ2n) is 4.49. The summed E-state index contributed by atoms with van der Waals surface area (Å²) < 4.78 is 1.10. The molecule has 4 N–H and O–H groups in total. The van der Waals surface area contributed by atoms with Gasteiger partial charge < -0.3 is 15.3 Å². The average molecular weight is 254 g/mol. The molecule has 3 atom stereocenters. The summed E-state index contributed by atoms with van der Waals surface area (Å²) in [7, 11) is 0. The van der Waals surface area contributed by atoms with Gasteiger partial charge in [-0.25, -0.2) is 4.79 Å². The molecule has 2 rings (SSSR count). The van der Waals surface area contributed by atoms with Gasteiger partial charge in [-0.2, -0.15) is 0 Å². The van der Waals surface area contributed by atoms with E-state index in [0.717, 1.165) is 10.6 Å². The van der Waals surface area contributed by atoms with Crippen LogP contribution < -0.4 is 11.2 Å². The number of hydrogen-bond donors (Lipinski definition) is 4. The monoisotopic (exact) mass is 254 g/mol. The van der Waals surface area contributed by atoms with Crippen molar-refractivity contribution in [3.63, 3.8) is 0 Å². The number of aromatic amines is 1. The van der Waals surface area contributed by atoms with E-state index in [0.29, 0.717) is 0 Å². The fourth-order valence-corrected chi connectivity index (χ4v) is 2.15. The Hall–Kier alpha value is -1.70. The predicted octanol–water partition coefficient (Wildman–Crippen LogP) is -1.88. The maximum atomic E-state index is 11.6. The molecule has 0 radical (unpaired) electrons. The Bertz CT molecular complexity index is 598. The summed E-state index contributed by atoms with van der Waals surface area (Å²) in [5.74, 6) is 0. The maximum Gasteiger partial charge on any atom is 0.328 e. The molecule has 7 heteroatoms. The minimum Gasteiger partial charge on any atom is -0.392 e. The van der Waals surface area contributed by atoms with E-state index in [2.05, 4.69) is 4.98 Å². The Morgan fingerprint density at radius 2 is 2.17 bits per heavy atom. The minimum absolute atomic E-state index is 0.239. The fourth-order valence-electron chi connectivity index (χ4n) is 2.15. The van der Waals surface area contributed by atoms with Crippen molar-refractivity contribution >= 4 is 0 Å². The van der Waals surface area contributed by atoms with Crippen LogP contribution in [0, 0.1) is 0 Å². The number of aliphatic hydroxyl groups excluding tert-OH is 2. The summed E-state index contributed by atoms with van der Waals surface area (Å²) in [5, 5.41) is 29.1. The third-order valence-corrected chi connectivity index (χ3v) is 3.21. The second-order valence-corrected chi connectivity index (χ2v) is 4.49. The van der Waals surface area contributed by atoms with Gasteiger partial charge in [0, 0.05) is 12.3 Å². The summed E-state index contributed by atoms with van der Waals surface area (Å²) in [6.07, 6.45) is 1.40. The van der Waals surface area contributed by atoms with E-state index in [1.807, 2.05) is 0 Å². The molecule has 0 saturated carbocycles. The van der Waals surface area contributed by atoms with Crippen molar-refractivity contribution in [2.45, 2.75) is 24.7 Å². The van der Waals surface area contributed by atoms with Gasteiger partial charge in [0.1, 0.15) is 11.7 Å². The molecule has 0 saturated heterocycles. The second kappa shape index (κ2) is 4.20. The van der Waals surface area contributed by atoms with Crippen LogP contribution in [-0.2, 0) is 0 Å². The van der Waals surface area contributed by atoms with Crippen molar-refractivity contribution in [1.82, 2.24) is 9.55 Å². The molecule has 0 bridgehead atoms. The molecule has 1 aromatic heterocycles. The number of rotatable bonds is 2. The highest BCUT2D eigenvalue weighted by Gasteiger charge is 2.46. The van der Waals surface area contributed by atoms with Crippen LogP contribution in [0.5, 0.6) is 0 Å². The van der Waals surface area contributed by atoms with Crippen LogP contribution in [-0.4, -0.2) is 43.2 Å². The minimum atomic E-state index is -1.62. The Morgan fingerprint density at radius 1 is 1.50 bits per heavy atom. The van der Waals surface area contributed by atoms with Gasteiger partial charge in [0.05, 0.1) is 12.6 Å². The largest absolute Gasteiger partial charge is 0.392 e. The van der Waals surface area contributed by atoms with E-state index >= 15 is 0 Å². The summed E-state index contributed by atoms with van der Waals surface area (Å²) in [6.45, 7) is 0.949. The molecule has 1 aliphatic carbocycles. The first-order valence-electron chi connectivity index (χ1n) is 5.41. The van der Waals surface area contributed by atoms with Crippen molar-refractivity contribution in [3.8, 4) is 0 Å². The van der Waals surface area contributed by atoms with Crippen LogP contribution in [0.1, 0.15) is 13.0 Å². The molecule has 0 fully saturated rings. The van der Waals surface area contributed by atoms with Crippen molar-refractivity contribution in [3.05, 3.63) is 44.8 Å². The van der Waals surface area contributed by atoms with E-state index in [1.165, 1.54) is 19.2 Å². The summed E-state index contributed by atoms with van der Waals surface area (Å²) in [4.78, 5) is 24.7. The first kappa shape index (κ1) is 12.7. The number of nitrogens with one attached hydrogen (secondary N) is 1. The molecule has 0 unspecified atom stereocenters. The van der Waals surface area contributed by atoms with Crippen molar-refractivity contribution in [2.24, 2.45) is 0 Å². The quantitative estimate of drug-likeness (QED) is 0.461. The van der Waals surface area contributed by atoms with Gasteiger partial charge in [0.2, 0.25) is 0 Å². The summed E-state index contributed by atoms with van der Waals surface area (Å²) >= 11 is 0. The highest BCUT2D eigenvalue weighted by Crippen LogP contribution is 2.36. The SMILES string of the molecule is C[C@@]1(O)[C@H](O)C(CO)=C[C@H]1n1ccc(=O)[nH]c1=O. The van der Waals surface area contributed by atoms with Gasteiger partial charge in [0.25, 0.3) is 5.56 Å². The van der Waals surface area contributed by atoms with Gasteiger partial charge >= 0.3 is 5.69 Å². The smallest absolute Gasteiger partial charge is 0.328 e. The Balaban J connectivity index is 2.54. The van der Waals surface area contributed by atoms with Gasteiger partial charge in [-0.15, -0.1) is 0 Å². The lowest BCUT2D eigenvalue weighted by atomic mass is 9.95. The lowest BCUT2D eigenvalue weighted by Gasteiger charge is -2.30. The molecule has 98 valence electrons. The van der Waals surface area contributed by atoms with Gasteiger partial charge in [-0.1, -0.05) is 6.08 Å². The molecule has 0 amide bonds. The standard InChI is InChI=1S/C11H14N2O5/c1-11(18)7(4-6(5-14)9(11)16)13-3-2-8(15)12-10(13)17/h2-4,7,9,14,16,18H,5H2,1H3,(H,12,15,17)/t7-,9-,11+/m1/s1. The van der Waals surface area contributed by atoms with E-state index in [-0.39, 0.29) is 5.57 Å². The maximum absolute atomic E-state index is 11.6. The summed E-state index contributed by atoms with van der Waals surface area (Å²) in [6, 6.07) is 0.299. The van der Waals surface area contributed by atoms with Gasteiger partial charge in [-0.05, 0) is 12.5 Å². The normalized spacial score (nSPS) is 31.4. The number of hydrogen-bond acceptors (Lipinski definition) is 5. The Morgan fingerprint density at radius 3 is 2.67 bits per heavy atom. The van der Waals surface area contributed by atoms with Gasteiger partial charge in [0.15, 0.2) is 0 Å². The first-order chi connectivity index (χ1) is 8.37. The molecular weight excluding hydrogens is 240 g/mol. The number of aromatic nitrogens is 2. The average Bonchev–Trinajstić information content (AvgIpc) is 2.52. The zero-order chi connectivity index (χ0) is 13.5. The Labute approximate surface area is 102 Å². The van der Waals surface area contributed by atoms with Crippen molar-refractivity contribution < 1.29 is 15.3 Å². The van der Waals surface area contributed by atoms with Crippen LogP contribution in [0.2, 0.25) is 0 Å². The third-order valence-electron chi connectivity index (χ3n) is 3.21. The van der Waals surface area contributed by atoms with Crippen LogP contribution in [0.3, 0.4) is 0 Å². The molecule has 1 aliphatic rings. The number of H-pyrrole nitrogens is 1. The summed E-state index contributed by atoms with van der Waals surface area (Å²) in [5.41, 5.74) is -2.61. The molecule has 1 aromatic rings. The van der Waals surface area contributed by atoms with E-state index in [4.69, 9.17) is 5.11 Å². The topological polar surface area (TPSA) is 116 Å². The van der Waals surface area contributed by atoms with Crippen molar-refractivity contribution in [2.75, 3.05) is 6.61 Å². The van der Waals surface area contributed by atoms with E-state index in [1.54, 1.807) is 0 Å². The lowest BCUT2D eigenvalue weighted by molar-refractivity contribution is -0.0582. The van der Waals surface area contributed by atoms with E-state index < -0.39 is 35.6 Å². The van der Waals surface area contributed by atoms with Crippen LogP contribution in [0.4, 0.5) is 0 Å². The predicted molar refractivity (Wildman–Crippen MR) is 62.2 cm³/mol. The fraction of sp³-hybridized carbons (Fsp3) is 0.455. The number of aliphatic hydroxyl groups is 3. The zero-order valence-electron chi connectivity index (χ0n) is 9.70. The molecule has 7 nitrogen and oxygen atoms in total. The molecule has 0 spiro atoms. The molecule has 0 aromatic carbocycles. The van der Waals surface area contributed by atoms with Crippen LogP contribution in [0.15, 0.2) is 33.5 Å². The molecule has 18 heavy (non-hydrogen) atoms. The van der Waals surface area contributed by atoms with E-state index in [9.17, 15) is 19.8 Å². The lowest BCUT2D eigenvalue weighted by Crippen LogP contribution is -2.46. The Kier molecular flexibility index (Phi) is 2.97. The van der Waals surface area contributed by atoms with Crippen LogP contribution in [0.25, 0.3) is 0 Å². The van der Waals surface area contributed by atoms with Crippen molar-refractivity contribution in [1.29, 1.82) is 0 Å². The highest BCUT2D eigenvalue weighted by atomic mass is 16.3. The van der Waals surface area contributed by atoms with Crippen LogP contribution >= 0.6 is 0 Å². The molecule has 1 heterocycles. The first-order valence-corrected chi connectivity index (χ1v) is 5.41.